The van der Waals surface area contributed by atoms with E-state index in [0.717, 1.165) is 45.0 Å². The first-order valence-electron chi connectivity index (χ1n) is 8.39. The molecule has 3 rings (SSSR count). The molecule has 2 heterocycles. The van der Waals surface area contributed by atoms with Gasteiger partial charge in [0, 0.05) is 31.9 Å². The minimum atomic E-state index is -0.0252. The molecular weight excluding hydrogens is 290 g/mol. The van der Waals surface area contributed by atoms with Crippen molar-refractivity contribution >= 4 is 11.7 Å². The van der Waals surface area contributed by atoms with Crippen molar-refractivity contribution in [3.8, 4) is 0 Å². The number of amides is 2. The number of nitrogens with one attached hydrogen (secondary N) is 1. The Labute approximate surface area is 137 Å². The molecule has 0 radical (unpaired) electrons. The third-order valence-electron chi connectivity index (χ3n) is 4.45. The number of anilines is 1. The average Bonchev–Trinajstić information content (AvgIpc) is 3.06. The highest BCUT2D eigenvalue weighted by Crippen LogP contribution is 2.17. The van der Waals surface area contributed by atoms with E-state index >= 15 is 0 Å². The van der Waals surface area contributed by atoms with Crippen LogP contribution in [0.15, 0.2) is 36.4 Å². The summed E-state index contributed by atoms with van der Waals surface area (Å²) in [4.78, 5) is 16.6. The molecule has 0 spiro atoms. The van der Waals surface area contributed by atoms with Crippen LogP contribution in [-0.2, 0) is 11.3 Å². The Bertz CT molecular complexity index is 550. The molecule has 0 saturated carbocycles. The number of carbonyl (C=O) groups excluding carboxylic acids is 1. The van der Waals surface area contributed by atoms with E-state index in [1.54, 1.807) is 0 Å². The van der Waals surface area contributed by atoms with Crippen LogP contribution in [0.1, 0.15) is 18.9 Å². The van der Waals surface area contributed by atoms with Gasteiger partial charge in [-0.15, -0.1) is 0 Å². The van der Waals surface area contributed by atoms with Gasteiger partial charge in [-0.25, -0.2) is 4.79 Å². The predicted molar refractivity (Wildman–Crippen MR) is 91.5 cm³/mol. The van der Waals surface area contributed by atoms with Crippen molar-refractivity contribution in [3.05, 3.63) is 42.0 Å². The minimum absolute atomic E-state index is 0.0252. The SMILES string of the molecule is CCC1C=CCN1C(=O)Nc1ccc(CN2CCOCC2)cc1. The average molecular weight is 315 g/mol. The van der Waals surface area contributed by atoms with E-state index in [4.69, 9.17) is 4.74 Å². The zero-order chi connectivity index (χ0) is 16.1. The summed E-state index contributed by atoms with van der Waals surface area (Å²) in [5, 5.41) is 2.99. The monoisotopic (exact) mass is 315 g/mol. The van der Waals surface area contributed by atoms with Gasteiger partial charge in [0.25, 0.3) is 0 Å². The number of ether oxygens (including phenoxy) is 1. The molecule has 1 aromatic carbocycles. The summed E-state index contributed by atoms with van der Waals surface area (Å²) < 4.78 is 5.37. The molecule has 5 heteroatoms. The highest BCUT2D eigenvalue weighted by Gasteiger charge is 2.23. The smallest absolute Gasteiger partial charge is 0.322 e. The third kappa shape index (κ3) is 4.12. The van der Waals surface area contributed by atoms with E-state index in [1.807, 2.05) is 17.0 Å². The molecule has 2 aliphatic heterocycles. The van der Waals surface area contributed by atoms with Gasteiger partial charge < -0.3 is 15.0 Å². The van der Waals surface area contributed by atoms with E-state index in [2.05, 4.69) is 41.4 Å². The van der Waals surface area contributed by atoms with Gasteiger partial charge in [0.05, 0.1) is 19.3 Å². The van der Waals surface area contributed by atoms with Crippen LogP contribution in [0.25, 0.3) is 0 Å². The summed E-state index contributed by atoms with van der Waals surface area (Å²) in [6.07, 6.45) is 5.10. The zero-order valence-electron chi connectivity index (χ0n) is 13.7. The molecule has 1 atom stereocenters. The fourth-order valence-electron chi connectivity index (χ4n) is 3.07. The molecule has 0 bridgehead atoms. The second kappa shape index (κ2) is 7.62. The molecule has 0 aromatic heterocycles. The van der Waals surface area contributed by atoms with E-state index in [9.17, 15) is 4.79 Å². The lowest BCUT2D eigenvalue weighted by Gasteiger charge is -2.26. The van der Waals surface area contributed by atoms with E-state index in [1.165, 1.54) is 5.56 Å². The molecule has 5 nitrogen and oxygen atoms in total. The Morgan fingerprint density at radius 2 is 2.00 bits per heavy atom. The second-order valence-electron chi connectivity index (χ2n) is 6.07. The fourth-order valence-corrected chi connectivity index (χ4v) is 3.07. The standard InChI is InChI=1S/C18H25N3O2/c1-2-17-4-3-9-21(17)18(22)19-16-7-5-15(6-8-16)14-20-10-12-23-13-11-20/h3-8,17H,2,9-14H2,1H3,(H,19,22). The summed E-state index contributed by atoms with van der Waals surface area (Å²) in [6.45, 7) is 7.33. The quantitative estimate of drug-likeness (QED) is 0.869. The van der Waals surface area contributed by atoms with Gasteiger partial charge in [-0.3, -0.25) is 4.90 Å². The van der Waals surface area contributed by atoms with Crippen LogP contribution in [0.3, 0.4) is 0 Å². The molecular formula is C18H25N3O2. The van der Waals surface area contributed by atoms with E-state index < -0.39 is 0 Å². The zero-order valence-corrected chi connectivity index (χ0v) is 13.7. The lowest BCUT2D eigenvalue weighted by Crippen LogP contribution is -2.38. The van der Waals surface area contributed by atoms with Crippen molar-refractivity contribution in [1.82, 2.24) is 9.80 Å². The summed E-state index contributed by atoms with van der Waals surface area (Å²) >= 11 is 0. The highest BCUT2D eigenvalue weighted by molar-refractivity contribution is 5.90. The molecule has 0 aliphatic carbocycles. The summed E-state index contributed by atoms with van der Waals surface area (Å²) in [5.41, 5.74) is 2.11. The molecule has 2 amide bonds. The maximum atomic E-state index is 12.3. The van der Waals surface area contributed by atoms with Gasteiger partial charge in [-0.05, 0) is 24.1 Å². The fraction of sp³-hybridized carbons (Fsp3) is 0.500. The van der Waals surface area contributed by atoms with Gasteiger partial charge in [0.1, 0.15) is 0 Å². The summed E-state index contributed by atoms with van der Waals surface area (Å²) in [6, 6.07) is 8.34. The van der Waals surface area contributed by atoms with Gasteiger partial charge >= 0.3 is 6.03 Å². The van der Waals surface area contributed by atoms with Crippen LogP contribution in [0, 0.1) is 0 Å². The van der Waals surface area contributed by atoms with Crippen molar-refractivity contribution < 1.29 is 9.53 Å². The number of morpholine rings is 1. The lowest BCUT2D eigenvalue weighted by atomic mass is 10.2. The number of hydrogen-bond donors (Lipinski definition) is 1. The topological polar surface area (TPSA) is 44.8 Å². The van der Waals surface area contributed by atoms with Crippen molar-refractivity contribution in [1.29, 1.82) is 0 Å². The first-order valence-corrected chi connectivity index (χ1v) is 8.39. The molecule has 23 heavy (non-hydrogen) atoms. The molecule has 1 unspecified atom stereocenters. The van der Waals surface area contributed by atoms with E-state index in [0.29, 0.717) is 6.54 Å². The Morgan fingerprint density at radius 3 is 2.70 bits per heavy atom. The summed E-state index contributed by atoms with van der Waals surface area (Å²) in [7, 11) is 0. The van der Waals surface area contributed by atoms with Crippen molar-refractivity contribution in [2.45, 2.75) is 25.9 Å². The van der Waals surface area contributed by atoms with Gasteiger partial charge in [-0.1, -0.05) is 31.2 Å². The number of nitrogens with zero attached hydrogens (tertiary/aromatic N) is 2. The number of benzene rings is 1. The van der Waals surface area contributed by atoms with Crippen molar-refractivity contribution in [2.75, 3.05) is 38.2 Å². The summed E-state index contributed by atoms with van der Waals surface area (Å²) in [5.74, 6) is 0. The van der Waals surface area contributed by atoms with Gasteiger partial charge in [-0.2, -0.15) is 0 Å². The van der Waals surface area contributed by atoms with Crippen LogP contribution < -0.4 is 5.32 Å². The van der Waals surface area contributed by atoms with Crippen LogP contribution in [0.4, 0.5) is 10.5 Å². The van der Waals surface area contributed by atoms with Crippen LogP contribution >= 0.6 is 0 Å². The Hall–Kier alpha value is -1.85. The van der Waals surface area contributed by atoms with Crippen molar-refractivity contribution in [3.63, 3.8) is 0 Å². The first kappa shape index (κ1) is 16.0. The van der Waals surface area contributed by atoms with Crippen molar-refractivity contribution in [2.24, 2.45) is 0 Å². The molecule has 1 aromatic rings. The Morgan fingerprint density at radius 1 is 1.26 bits per heavy atom. The van der Waals surface area contributed by atoms with Crippen LogP contribution in [-0.4, -0.2) is 54.7 Å². The lowest BCUT2D eigenvalue weighted by molar-refractivity contribution is 0.0342. The molecule has 2 aliphatic rings. The van der Waals surface area contributed by atoms with Crippen LogP contribution in [0.5, 0.6) is 0 Å². The minimum Gasteiger partial charge on any atom is -0.379 e. The van der Waals surface area contributed by atoms with E-state index in [-0.39, 0.29) is 12.1 Å². The largest absolute Gasteiger partial charge is 0.379 e. The number of hydrogen-bond acceptors (Lipinski definition) is 3. The van der Waals surface area contributed by atoms with Gasteiger partial charge in [0.2, 0.25) is 0 Å². The Balaban J connectivity index is 1.53. The maximum absolute atomic E-state index is 12.3. The first-order chi connectivity index (χ1) is 11.3. The molecule has 1 N–H and O–H groups in total. The number of rotatable bonds is 4. The molecule has 1 saturated heterocycles. The Kier molecular flexibility index (Phi) is 5.31. The number of carbonyl (C=O) groups is 1. The highest BCUT2D eigenvalue weighted by atomic mass is 16.5. The molecule has 124 valence electrons. The predicted octanol–water partition coefficient (Wildman–Crippen LogP) is 2.70. The third-order valence-corrected chi connectivity index (χ3v) is 4.45. The van der Waals surface area contributed by atoms with Crippen LogP contribution in [0.2, 0.25) is 0 Å². The maximum Gasteiger partial charge on any atom is 0.322 e. The van der Waals surface area contributed by atoms with Gasteiger partial charge in [0.15, 0.2) is 0 Å². The normalized spacial score (nSPS) is 21.6. The number of urea groups is 1. The second-order valence-corrected chi connectivity index (χ2v) is 6.07. The molecule has 1 fully saturated rings.